The summed E-state index contributed by atoms with van der Waals surface area (Å²) in [7, 11) is 0. The van der Waals surface area contributed by atoms with Crippen LogP contribution in [0.2, 0.25) is 0 Å². The van der Waals surface area contributed by atoms with Gasteiger partial charge in [0.05, 0.1) is 0 Å². The summed E-state index contributed by atoms with van der Waals surface area (Å²) in [5.74, 6) is 0.938. The zero-order valence-electron chi connectivity index (χ0n) is 12.5. The highest BCUT2D eigenvalue weighted by molar-refractivity contribution is 7.99. The second kappa shape index (κ2) is 8.01. The molecule has 112 valence electrons. The standard InChI is InChI=1S/C16H25FN2S/c1-3-19(4-2)10-11-20-16-7-5-6-15(17)14(16)12-18-13-8-9-13/h5-7,13,18H,3-4,8-12H2,1-2H3. The van der Waals surface area contributed by atoms with Crippen molar-refractivity contribution in [3.8, 4) is 0 Å². The van der Waals surface area contributed by atoms with E-state index in [4.69, 9.17) is 0 Å². The van der Waals surface area contributed by atoms with Crippen LogP contribution in [0.15, 0.2) is 23.1 Å². The number of nitrogens with one attached hydrogen (secondary N) is 1. The van der Waals surface area contributed by atoms with Crippen LogP contribution in [-0.4, -0.2) is 36.3 Å². The highest BCUT2D eigenvalue weighted by atomic mass is 32.2. The summed E-state index contributed by atoms with van der Waals surface area (Å²) in [6, 6.07) is 6.04. The fraction of sp³-hybridized carbons (Fsp3) is 0.625. The fourth-order valence-corrected chi connectivity index (χ4v) is 3.29. The van der Waals surface area contributed by atoms with Crippen molar-refractivity contribution in [2.75, 3.05) is 25.4 Å². The van der Waals surface area contributed by atoms with Gasteiger partial charge in [0.15, 0.2) is 0 Å². The Balaban J connectivity index is 1.89. The van der Waals surface area contributed by atoms with E-state index in [2.05, 4.69) is 24.1 Å². The summed E-state index contributed by atoms with van der Waals surface area (Å²) < 4.78 is 14.0. The number of benzene rings is 1. The Labute approximate surface area is 126 Å². The molecule has 1 aliphatic rings. The second-order valence-electron chi connectivity index (χ2n) is 5.25. The normalized spacial score (nSPS) is 15.0. The average Bonchev–Trinajstić information content (AvgIpc) is 3.27. The lowest BCUT2D eigenvalue weighted by Crippen LogP contribution is -2.25. The van der Waals surface area contributed by atoms with E-state index in [1.165, 1.54) is 12.8 Å². The first kappa shape index (κ1) is 15.8. The zero-order chi connectivity index (χ0) is 14.4. The summed E-state index contributed by atoms with van der Waals surface area (Å²) in [5, 5.41) is 3.41. The Hall–Kier alpha value is -0.580. The maximum atomic E-state index is 14.0. The van der Waals surface area contributed by atoms with Crippen molar-refractivity contribution >= 4 is 11.8 Å². The molecule has 2 rings (SSSR count). The van der Waals surface area contributed by atoms with Crippen LogP contribution in [0.5, 0.6) is 0 Å². The number of halogens is 1. The predicted octanol–water partition coefficient (Wildman–Crippen LogP) is 3.51. The summed E-state index contributed by atoms with van der Waals surface area (Å²) in [6.07, 6.45) is 2.47. The van der Waals surface area contributed by atoms with Gasteiger partial charge in [-0.1, -0.05) is 19.9 Å². The molecule has 0 amide bonds. The van der Waals surface area contributed by atoms with Crippen LogP contribution >= 0.6 is 11.8 Å². The molecule has 0 unspecified atom stereocenters. The van der Waals surface area contributed by atoms with Crippen LogP contribution in [0.3, 0.4) is 0 Å². The Morgan fingerprint density at radius 1 is 1.30 bits per heavy atom. The molecule has 1 aromatic carbocycles. The third-order valence-corrected chi connectivity index (χ3v) is 4.86. The van der Waals surface area contributed by atoms with E-state index < -0.39 is 0 Å². The lowest BCUT2D eigenvalue weighted by molar-refractivity contribution is 0.324. The molecule has 1 aromatic rings. The minimum Gasteiger partial charge on any atom is -0.310 e. The third-order valence-electron chi connectivity index (χ3n) is 3.78. The van der Waals surface area contributed by atoms with Crippen LogP contribution < -0.4 is 5.32 Å². The van der Waals surface area contributed by atoms with Gasteiger partial charge in [-0.25, -0.2) is 4.39 Å². The van der Waals surface area contributed by atoms with Crippen LogP contribution in [0.4, 0.5) is 4.39 Å². The van der Waals surface area contributed by atoms with Crippen molar-refractivity contribution in [1.82, 2.24) is 10.2 Å². The maximum absolute atomic E-state index is 14.0. The lowest BCUT2D eigenvalue weighted by atomic mass is 10.2. The van der Waals surface area contributed by atoms with Crippen LogP contribution in [-0.2, 0) is 6.54 Å². The molecule has 0 spiro atoms. The SMILES string of the molecule is CCN(CC)CCSc1cccc(F)c1CNC1CC1. The van der Waals surface area contributed by atoms with Gasteiger partial charge in [0, 0.05) is 35.3 Å². The molecule has 2 nitrogen and oxygen atoms in total. The topological polar surface area (TPSA) is 15.3 Å². The van der Waals surface area contributed by atoms with Crippen molar-refractivity contribution in [3.63, 3.8) is 0 Å². The molecular weight excluding hydrogens is 271 g/mol. The van der Waals surface area contributed by atoms with Crippen molar-refractivity contribution < 1.29 is 4.39 Å². The first-order chi connectivity index (χ1) is 9.74. The molecule has 1 saturated carbocycles. The molecule has 20 heavy (non-hydrogen) atoms. The van der Waals surface area contributed by atoms with E-state index >= 15 is 0 Å². The number of thioether (sulfide) groups is 1. The van der Waals surface area contributed by atoms with Gasteiger partial charge < -0.3 is 10.2 Å². The van der Waals surface area contributed by atoms with Crippen LogP contribution in [0.25, 0.3) is 0 Å². The van der Waals surface area contributed by atoms with Gasteiger partial charge in [0.1, 0.15) is 5.82 Å². The van der Waals surface area contributed by atoms with Gasteiger partial charge in [-0.05, 0) is 38.1 Å². The maximum Gasteiger partial charge on any atom is 0.128 e. The third kappa shape index (κ3) is 4.76. The smallest absolute Gasteiger partial charge is 0.128 e. The fourth-order valence-electron chi connectivity index (χ4n) is 2.20. The molecule has 4 heteroatoms. The first-order valence-electron chi connectivity index (χ1n) is 7.60. The van der Waals surface area contributed by atoms with Crippen LogP contribution in [0, 0.1) is 5.82 Å². The first-order valence-corrected chi connectivity index (χ1v) is 8.59. The van der Waals surface area contributed by atoms with E-state index in [0.29, 0.717) is 12.6 Å². The zero-order valence-corrected chi connectivity index (χ0v) is 13.3. The minimum atomic E-state index is -0.0778. The van der Waals surface area contributed by atoms with E-state index in [1.54, 1.807) is 17.8 Å². The quantitative estimate of drug-likeness (QED) is 0.702. The van der Waals surface area contributed by atoms with E-state index in [0.717, 1.165) is 35.8 Å². The number of hydrogen-bond acceptors (Lipinski definition) is 3. The molecular formula is C16H25FN2S. The molecule has 0 radical (unpaired) electrons. The molecule has 1 fully saturated rings. The molecule has 0 heterocycles. The molecule has 1 N–H and O–H groups in total. The van der Waals surface area contributed by atoms with Gasteiger partial charge in [-0.15, -0.1) is 11.8 Å². The van der Waals surface area contributed by atoms with Gasteiger partial charge in [-0.3, -0.25) is 0 Å². The largest absolute Gasteiger partial charge is 0.310 e. The monoisotopic (exact) mass is 296 g/mol. The molecule has 1 aliphatic carbocycles. The predicted molar refractivity (Wildman–Crippen MR) is 84.8 cm³/mol. The number of hydrogen-bond donors (Lipinski definition) is 1. The summed E-state index contributed by atoms with van der Waals surface area (Å²) in [6.45, 7) is 8.24. The number of rotatable bonds is 9. The van der Waals surface area contributed by atoms with Crippen molar-refractivity contribution in [3.05, 3.63) is 29.6 Å². The Kier molecular flexibility index (Phi) is 6.33. The highest BCUT2D eigenvalue weighted by Gasteiger charge is 2.21. The Morgan fingerprint density at radius 2 is 2.05 bits per heavy atom. The van der Waals surface area contributed by atoms with E-state index in [9.17, 15) is 4.39 Å². The molecule has 0 atom stereocenters. The lowest BCUT2D eigenvalue weighted by Gasteiger charge is -2.18. The minimum absolute atomic E-state index is 0.0778. The molecule has 0 aromatic heterocycles. The Bertz CT molecular complexity index is 417. The van der Waals surface area contributed by atoms with Gasteiger partial charge >= 0.3 is 0 Å². The second-order valence-corrected chi connectivity index (χ2v) is 6.38. The molecule has 0 saturated heterocycles. The van der Waals surface area contributed by atoms with Gasteiger partial charge in [0.2, 0.25) is 0 Å². The summed E-state index contributed by atoms with van der Waals surface area (Å²) >= 11 is 1.77. The summed E-state index contributed by atoms with van der Waals surface area (Å²) in [5.41, 5.74) is 0.837. The van der Waals surface area contributed by atoms with E-state index in [1.807, 2.05) is 12.1 Å². The van der Waals surface area contributed by atoms with Crippen molar-refractivity contribution in [1.29, 1.82) is 0 Å². The molecule has 0 bridgehead atoms. The Morgan fingerprint density at radius 3 is 2.70 bits per heavy atom. The van der Waals surface area contributed by atoms with Crippen molar-refractivity contribution in [2.45, 2.75) is 44.2 Å². The molecule has 0 aliphatic heterocycles. The van der Waals surface area contributed by atoms with Gasteiger partial charge in [0.25, 0.3) is 0 Å². The summed E-state index contributed by atoms with van der Waals surface area (Å²) in [4.78, 5) is 3.49. The average molecular weight is 296 g/mol. The van der Waals surface area contributed by atoms with Crippen LogP contribution in [0.1, 0.15) is 32.3 Å². The highest BCUT2D eigenvalue weighted by Crippen LogP contribution is 2.26. The van der Waals surface area contributed by atoms with Crippen molar-refractivity contribution in [2.24, 2.45) is 0 Å². The number of nitrogens with zero attached hydrogens (tertiary/aromatic N) is 1. The van der Waals surface area contributed by atoms with E-state index in [-0.39, 0.29) is 5.82 Å². The van der Waals surface area contributed by atoms with Gasteiger partial charge in [-0.2, -0.15) is 0 Å².